The molecular formula is C23H31N5O2. The molecule has 1 atom stereocenters. The first-order chi connectivity index (χ1) is 14.4. The van der Waals surface area contributed by atoms with Crippen molar-refractivity contribution in [1.29, 1.82) is 0 Å². The van der Waals surface area contributed by atoms with Crippen LogP contribution in [0.2, 0.25) is 0 Å². The van der Waals surface area contributed by atoms with E-state index in [9.17, 15) is 9.59 Å². The first kappa shape index (κ1) is 20.4. The SMILES string of the molecule is Cc1cc(C)n(C(C)C(=O)Nc2ccc(N3CCCC3)c(C(=O)N3CCCC3)c2)n1. The van der Waals surface area contributed by atoms with Gasteiger partial charge in [0.2, 0.25) is 5.91 Å². The van der Waals surface area contributed by atoms with Gasteiger partial charge in [-0.25, -0.2) is 0 Å². The van der Waals surface area contributed by atoms with Crippen molar-refractivity contribution in [3.63, 3.8) is 0 Å². The van der Waals surface area contributed by atoms with E-state index in [1.807, 2.05) is 49.9 Å². The fraction of sp³-hybridized carbons (Fsp3) is 0.522. The van der Waals surface area contributed by atoms with Crippen LogP contribution in [-0.4, -0.2) is 52.7 Å². The molecule has 1 aromatic carbocycles. The predicted octanol–water partition coefficient (Wildman–Crippen LogP) is 3.54. The predicted molar refractivity (Wildman–Crippen MR) is 118 cm³/mol. The number of nitrogens with zero attached hydrogens (tertiary/aromatic N) is 4. The van der Waals surface area contributed by atoms with Gasteiger partial charge in [0.05, 0.1) is 11.3 Å². The largest absolute Gasteiger partial charge is 0.371 e. The summed E-state index contributed by atoms with van der Waals surface area (Å²) in [5.41, 5.74) is 4.16. The highest BCUT2D eigenvalue weighted by atomic mass is 16.2. The smallest absolute Gasteiger partial charge is 0.256 e. The maximum atomic E-state index is 13.2. The van der Waals surface area contributed by atoms with E-state index in [0.29, 0.717) is 11.3 Å². The van der Waals surface area contributed by atoms with Crippen molar-refractivity contribution in [2.45, 2.75) is 52.5 Å². The summed E-state index contributed by atoms with van der Waals surface area (Å²) in [5, 5.41) is 7.42. The molecule has 2 fully saturated rings. The number of aryl methyl sites for hydroxylation is 2. The molecule has 2 aliphatic rings. The van der Waals surface area contributed by atoms with Crippen molar-refractivity contribution < 1.29 is 9.59 Å². The molecule has 1 unspecified atom stereocenters. The summed E-state index contributed by atoms with van der Waals surface area (Å²) in [6.07, 6.45) is 4.41. The molecule has 2 amide bonds. The number of rotatable bonds is 5. The third kappa shape index (κ3) is 4.06. The van der Waals surface area contributed by atoms with E-state index in [1.165, 1.54) is 0 Å². The van der Waals surface area contributed by atoms with Gasteiger partial charge in [-0.05, 0) is 70.7 Å². The first-order valence-electron chi connectivity index (χ1n) is 11.0. The van der Waals surface area contributed by atoms with E-state index in [0.717, 1.165) is 68.9 Å². The molecule has 2 aliphatic heterocycles. The second-order valence-corrected chi connectivity index (χ2v) is 8.46. The molecule has 0 spiro atoms. The lowest BCUT2D eigenvalue weighted by Crippen LogP contribution is -2.30. The van der Waals surface area contributed by atoms with Crippen molar-refractivity contribution in [2.24, 2.45) is 0 Å². The monoisotopic (exact) mass is 409 g/mol. The van der Waals surface area contributed by atoms with Crippen LogP contribution >= 0.6 is 0 Å². The number of anilines is 2. The Morgan fingerprint density at radius 3 is 2.30 bits per heavy atom. The molecule has 0 bridgehead atoms. The van der Waals surface area contributed by atoms with Gasteiger partial charge in [0, 0.05) is 43.2 Å². The summed E-state index contributed by atoms with van der Waals surface area (Å²) in [4.78, 5) is 30.3. The Hall–Kier alpha value is -2.83. The zero-order valence-corrected chi connectivity index (χ0v) is 18.1. The molecule has 4 rings (SSSR count). The van der Waals surface area contributed by atoms with Gasteiger partial charge >= 0.3 is 0 Å². The van der Waals surface area contributed by atoms with Crippen LogP contribution in [0.3, 0.4) is 0 Å². The molecule has 2 saturated heterocycles. The maximum absolute atomic E-state index is 13.2. The molecule has 1 N–H and O–H groups in total. The number of carbonyl (C=O) groups excluding carboxylic acids is 2. The number of benzene rings is 1. The minimum atomic E-state index is -0.435. The van der Waals surface area contributed by atoms with Crippen LogP contribution in [0.25, 0.3) is 0 Å². The van der Waals surface area contributed by atoms with Gasteiger partial charge in [-0.15, -0.1) is 0 Å². The summed E-state index contributed by atoms with van der Waals surface area (Å²) < 4.78 is 1.74. The lowest BCUT2D eigenvalue weighted by atomic mass is 10.1. The van der Waals surface area contributed by atoms with Crippen LogP contribution in [-0.2, 0) is 4.79 Å². The van der Waals surface area contributed by atoms with Gasteiger partial charge in [0.15, 0.2) is 0 Å². The molecule has 1 aromatic heterocycles. The first-order valence-corrected chi connectivity index (χ1v) is 11.0. The van der Waals surface area contributed by atoms with E-state index in [4.69, 9.17) is 0 Å². The van der Waals surface area contributed by atoms with E-state index >= 15 is 0 Å². The highest BCUT2D eigenvalue weighted by Crippen LogP contribution is 2.30. The van der Waals surface area contributed by atoms with Gasteiger partial charge < -0.3 is 15.1 Å². The Morgan fingerprint density at radius 2 is 1.67 bits per heavy atom. The lowest BCUT2D eigenvalue weighted by Gasteiger charge is -2.24. The molecule has 3 heterocycles. The van der Waals surface area contributed by atoms with Gasteiger partial charge in [-0.3, -0.25) is 14.3 Å². The molecule has 160 valence electrons. The summed E-state index contributed by atoms with van der Waals surface area (Å²) in [6.45, 7) is 9.27. The zero-order chi connectivity index (χ0) is 21.3. The quantitative estimate of drug-likeness (QED) is 0.820. The molecule has 30 heavy (non-hydrogen) atoms. The number of carbonyl (C=O) groups is 2. The Kier molecular flexibility index (Phi) is 5.79. The van der Waals surface area contributed by atoms with Crippen LogP contribution in [0, 0.1) is 13.8 Å². The van der Waals surface area contributed by atoms with Crippen molar-refractivity contribution in [1.82, 2.24) is 14.7 Å². The maximum Gasteiger partial charge on any atom is 0.256 e. The number of likely N-dealkylation sites (tertiary alicyclic amines) is 1. The van der Waals surface area contributed by atoms with Crippen molar-refractivity contribution >= 4 is 23.2 Å². The van der Waals surface area contributed by atoms with E-state index in [1.54, 1.807) is 4.68 Å². The molecule has 7 nitrogen and oxygen atoms in total. The number of hydrogen-bond donors (Lipinski definition) is 1. The van der Waals surface area contributed by atoms with Crippen LogP contribution in [0.5, 0.6) is 0 Å². The summed E-state index contributed by atoms with van der Waals surface area (Å²) in [6, 6.07) is 7.26. The fourth-order valence-electron chi connectivity index (χ4n) is 4.51. The second kappa shape index (κ2) is 8.50. The van der Waals surface area contributed by atoms with Gasteiger partial charge in [0.1, 0.15) is 6.04 Å². The Balaban J connectivity index is 1.58. The third-order valence-corrected chi connectivity index (χ3v) is 6.13. The van der Waals surface area contributed by atoms with Crippen molar-refractivity contribution in [3.8, 4) is 0 Å². The normalized spacial score (nSPS) is 17.4. The topological polar surface area (TPSA) is 70.5 Å². The molecule has 0 radical (unpaired) electrons. The average molecular weight is 410 g/mol. The summed E-state index contributed by atoms with van der Waals surface area (Å²) in [5.74, 6) is -0.0770. The Labute approximate surface area is 178 Å². The number of hydrogen-bond acceptors (Lipinski definition) is 4. The van der Waals surface area contributed by atoms with Crippen molar-refractivity contribution in [3.05, 3.63) is 41.2 Å². The van der Waals surface area contributed by atoms with E-state index in [2.05, 4.69) is 15.3 Å². The molecule has 0 aliphatic carbocycles. The van der Waals surface area contributed by atoms with Gasteiger partial charge in [-0.2, -0.15) is 5.10 Å². The van der Waals surface area contributed by atoms with Gasteiger partial charge in [-0.1, -0.05) is 0 Å². The second-order valence-electron chi connectivity index (χ2n) is 8.46. The van der Waals surface area contributed by atoms with Crippen molar-refractivity contribution in [2.75, 3.05) is 36.4 Å². The van der Waals surface area contributed by atoms with Crippen LogP contribution < -0.4 is 10.2 Å². The standard InChI is InChI=1S/C23H31N5O2/c1-16-14-17(2)28(25-16)18(3)22(29)24-19-8-9-21(26-10-4-5-11-26)20(15-19)23(30)27-12-6-7-13-27/h8-9,14-15,18H,4-7,10-13H2,1-3H3,(H,24,29). The molecule has 2 aromatic rings. The Bertz CT molecular complexity index is 939. The third-order valence-electron chi connectivity index (χ3n) is 6.13. The highest BCUT2D eigenvalue weighted by molar-refractivity contribution is 6.02. The number of nitrogens with one attached hydrogen (secondary N) is 1. The zero-order valence-electron chi connectivity index (χ0n) is 18.1. The Morgan fingerprint density at radius 1 is 1.00 bits per heavy atom. The van der Waals surface area contributed by atoms with Gasteiger partial charge in [0.25, 0.3) is 5.91 Å². The van der Waals surface area contributed by atoms with Crippen LogP contribution in [0.15, 0.2) is 24.3 Å². The van der Waals surface area contributed by atoms with Crippen LogP contribution in [0.1, 0.15) is 60.4 Å². The highest BCUT2D eigenvalue weighted by Gasteiger charge is 2.26. The lowest BCUT2D eigenvalue weighted by molar-refractivity contribution is -0.119. The summed E-state index contributed by atoms with van der Waals surface area (Å²) >= 11 is 0. The minimum absolute atomic E-state index is 0.0668. The fourth-order valence-corrected chi connectivity index (χ4v) is 4.51. The van der Waals surface area contributed by atoms with Crippen LogP contribution in [0.4, 0.5) is 11.4 Å². The molecule has 7 heteroatoms. The average Bonchev–Trinajstić information content (AvgIpc) is 3.49. The van der Waals surface area contributed by atoms with E-state index in [-0.39, 0.29) is 11.8 Å². The number of amides is 2. The molecular weight excluding hydrogens is 378 g/mol. The summed E-state index contributed by atoms with van der Waals surface area (Å²) in [7, 11) is 0. The number of aromatic nitrogens is 2. The van der Waals surface area contributed by atoms with E-state index < -0.39 is 6.04 Å². The molecule has 0 saturated carbocycles. The minimum Gasteiger partial charge on any atom is -0.371 e.